The molecule has 8 heteroatoms. The number of hydrogen-bond donors (Lipinski definition) is 2. The first-order chi connectivity index (χ1) is 13.4. The predicted molar refractivity (Wildman–Crippen MR) is 104 cm³/mol. The lowest BCUT2D eigenvalue weighted by molar-refractivity contribution is -0.115. The van der Waals surface area contributed by atoms with E-state index in [-0.39, 0.29) is 18.0 Å². The van der Waals surface area contributed by atoms with Crippen LogP contribution in [-0.4, -0.2) is 25.5 Å². The van der Waals surface area contributed by atoms with Gasteiger partial charge < -0.3 is 15.4 Å². The fraction of sp³-hybridized carbons (Fsp3) is 0.400. The van der Waals surface area contributed by atoms with E-state index in [2.05, 4.69) is 10.6 Å². The molecule has 1 aromatic heterocycles. The van der Waals surface area contributed by atoms with Crippen molar-refractivity contribution in [3.05, 3.63) is 51.4 Å². The second-order valence-corrected chi connectivity index (χ2v) is 7.83. The highest BCUT2D eigenvalue weighted by atomic mass is 32.1. The van der Waals surface area contributed by atoms with Crippen LogP contribution in [0.3, 0.4) is 0 Å². The molecule has 0 radical (unpaired) electrons. The normalized spacial score (nSPS) is 14.3. The van der Waals surface area contributed by atoms with E-state index in [1.807, 2.05) is 0 Å². The molecule has 1 aromatic carbocycles. The molecule has 3 rings (SSSR count). The van der Waals surface area contributed by atoms with Crippen molar-refractivity contribution in [3.63, 3.8) is 0 Å². The van der Waals surface area contributed by atoms with Crippen LogP contribution in [0.4, 0.5) is 13.8 Å². The molecule has 1 aliphatic carbocycles. The summed E-state index contributed by atoms with van der Waals surface area (Å²) >= 11 is 1.41. The Morgan fingerprint density at radius 3 is 2.71 bits per heavy atom. The number of anilines is 1. The summed E-state index contributed by atoms with van der Waals surface area (Å²) in [6.07, 6.45) is 3.75. The van der Waals surface area contributed by atoms with Crippen molar-refractivity contribution in [1.82, 2.24) is 5.32 Å². The molecular weight excluding hydrogens is 386 g/mol. The van der Waals surface area contributed by atoms with Crippen molar-refractivity contribution < 1.29 is 23.1 Å². The summed E-state index contributed by atoms with van der Waals surface area (Å²) in [5.74, 6) is -2.12. The van der Waals surface area contributed by atoms with Crippen LogP contribution in [0, 0.1) is 11.6 Å². The molecule has 28 heavy (non-hydrogen) atoms. The zero-order chi connectivity index (χ0) is 20.3. The highest BCUT2D eigenvalue weighted by Crippen LogP contribution is 2.38. The summed E-state index contributed by atoms with van der Waals surface area (Å²) < 4.78 is 31.8. The number of fused-ring (bicyclic) bond motifs is 1. The van der Waals surface area contributed by atoms with Gasteiger partial charge in [0.15, 0.2) is 0 Å². The Morgan fingerprint density at radius 2 is 2.00 bits per heavy atom. The Hall–Kier alpha value is -2.32. The Labute approximate surface area is 166 Å². The van der Waals surface area contributed by atoms with Gasteiger partial charge in [-0.25, -0.2) is 13.6 Å². The van der Waals surface area contributed by atoms with Crippen molar-refractivity contribution in [2.75, 3.05) is 19.0 Å². The fourth-order valence-corrected chi connectivity index (χ4v) is 4.64. The Kier molecular flexibility index (Phi) is 6.41. The summed E-state index contributed by atoms with van der Waals surface area (Å²) in [5.41, 5.74) is 1.68. The molecule has 150 valence electrons. The molecule has 0 fully saturated rings. The quantitative estimate of drug-likeness (QED) is 0.710. The number of thiophene rings is 1. The monoisotopic (exact) mass is 408 g/mol. The van der Waals surface area contributed by atoms with Crippen molar-refractivity contribution in [3.8, 4) is 0 Å². The van der Waals surface area contributed by atoms with Gasteiger partial charge in [-0.05, 0) is 44.2 Å². The molecule has 1 heterocycles. The first-order valence-electron chi connectivity index (χ1n) is 9.11. The molecule has 2 aromatic rings. The largest absolute Gasteiger partial charge is 0.465 e. The molecule has 0 saturated carbocycles. The van der Waals surface area contributed by atoms with Crippen molar-refractivity contribution in [2.45, 2.75) is 38.6 Å². The van der Waals surface area contributed by atoms with Gasteiger partial charge in [0.2, 0.25) is 5.91 Å². The molecule has 2 N–H and O–H groups in total. The highest BCUT2D eigenvalue weighted by molar-refractivity contribution is 7.17. The van der Waals surface area contributed by atoms with E-state index in [4.69, 9.17) is 4.74 Å². The third-order valence-electron chi connectivity index (χ3n) is 4.81. The molecule has 5 nitrogen and oxygen atoms in total. The van der Waals surface area contributed by atoms with Crippen LogP contribution >= 0.6 is 11.3 Å². The number of rotatable bonds is 6. The third-order valence-corrected chi connectivity index (χ3v) is 6.02. The maximum absolute atomic E-state index is 13.9. The van der Waals surface area contributed by atoms with Gasteiger partial charge in [-0.15, -0.1) is 11.3 Å². The van der Waals surface area contributed by atoms with E-state index in [1.165, 1.54) is 30.6 Å². The van der Waals surface area contributed by atoms with Gasteiger partial charge in [0.05, 0.1) is 19.2 Å². The number of nitrogens with one attached hydrogen (secondary N) is 2. The smallest absolute Gasteiger partial charge is 0.341 e. The highest BCUT2D eigenvalue weighted by Gasteiger charge is 2.27. The summed E-state index contributed by atoms with van der Waals surface area (Å²) in [6.45, 7) is 1.61. The second-order valence-electron chi connectivity index (χ2n) is 6.72. The maximum Gasteiger partial charge on any atom is 0.341 e. The SMILES string of the molecule is COC(=O)c1c(NC(=O)CN[C@@H](C)c2ccc(F)cc2F)sc2c1CCCC2. The van der Waals surface area contributed by atoms with Crippen LogP contribution < -0.4 is 10.6 Å². The molecule has 0 spiro atoms. The number of benzene rings is 1. The topological polar surface area (TPSA) is 67.4 Å². The minimum atomic E-state index is -0.667. The maximum atomic E-state index is 13.9. The molecule has 0 saturated heterocycles. The lowest BCUT2D eigenvalue weighted by atomic mass is 9.95. The molecule has 0 unspecified atom stereocenters. The Balaban J connectivity index is 1.68. The van der Waals surface area contributed by atoms with E-state index in [0.29, 0.717) is 10.6 Å². The van der Waals surface area contributed by atoms with Gasteiger partial charge in [0, 0.05) is 22.5 Å². The molecular formula is C20H22F2N2O3S. The first-order valence-corrected chi connectivity index (χ1v) is 9.93. The summed E-state index contributed by atoms with van der Waals surface area (Å²) in [4.78, 5) is 25.7. The number of amides is 1. The van der Waals surface area contributed by atoms with Crippen molar-refractivity contribution in [1.29, 1.82) is 0 Å². The van der Waals surface area contributed by atoms with E-state index in [9.17, 15) is 18.4 Å². The van der Waals surface area contributed by atoms with E-state index < -0.39 is 23.6 Å². The summed E-state index contributed by atoms with van der Waals surface area (Å²) in [5, 5.41) is 6.19. The lowest BCUT2D eigenvalue weighted by Crippen LogP contribution is -2.30. The average molecular weight is 408 g/mol. The van der Waals surface area contributed by atoms with Crippen molar-refractivity contribution >= 4 is 28.2 Å². The van der Waals surface area contributed by atoms with E-state index in [1.54, 1.807) is 6.92 Å². The predicted octanol–water partition coefficient (Wildman–Crippen LogP) is 3.98. The van der Waals surface area contributed by atoms with Crippen LogP contribution in [-0.2, 0) is 22.4 Å². The zero-order valence-electron chi connectivity index (χ0n) is 15.7. The molecule has 1 amide bonds. The van der Waals surface area contributed by atoms with Gasteiger partial charge >= 0.3 is 5.97 Å². The van der Waals surface area contributed by atoms with Crippen LogP contribution in [0.5, 0.6) is 0 Å². The average Bonchev–Trinajstić information content (AvgIpc) is 3.03. The minimum absolute atomic E-state index is 0.0822. The van der Waals surface area contributed by atoms with Gasteiger partial charge in [-0.1, -0.05) is 6.07 Å². The fourth-order valence-electron chi connectivity index (χ4n) is 3.35. The minimum Gasteiger partial charge on any atom is -0.465 e. The number of methoxy groups -OCH3 is 1. The number of esters is 1. The molecule has 0 aliphatic heterocycles. The first kappa shape index (κ1) is 20.4. The van der Waals surface area contributed by atoms with Gasteiger partial charge in [-0.2, -0.15) is 0 Å². The van der Waals surface area contributed by atoms with Crippen molar-refractivity contribution in [2.24, 2.45) is 0 Å². The van der Waals surface area contributed by atoms with Crippen LogP contribution in [0.2, 0.25) is 0 Å². The van der Waals surface area contributed by atoms with Crippen LogP contribution in [0.25, 0.3) is 0 Å². The van der Waals surface area contributed by atoms with E-state index >= 15 is 0 Å². The second kappa shape index (κ2) is 8.79. The number of carbonyl (C=O) groups excluding carboxylic acids is 2. The number of ether oxygens (including phenoxy) is 1. The Morgan fingerprint density at radius 1 is 1.25 bits per heavy atom. The van der Waals surface area contributed by atoms with E-state index in [0.717, 1.165) is 42.2 Å². The van der Waals surface area contributed by atoms with Gasteiger partial charge in [-0.3, -0.25) is 4.79 Å². The standard InChI is InChI=1S/C20H22F2N2O3S/c1-11(13-8-7-12(21)9-15(13)22)23-10-17(25)24-19-18(20(26)27-2)14-5-3-4-6-16(14)28-19/h7-9,11,23H,3-6,10H2,1-2H3,(H,24,25)/t11-/m0/s1. The third kappa shape index (κ3) is 4.39. The van der Waals surface area contributed by atoms with Crippen LogP contribution in [0.15, 0.2) is 18.2 Å². The number of aryl methyl sites for hydroxylation is 1. The molecule has 1 aliphatic rings. The van der Waals surface area contributed by atoms with Crippen LogP contribution in [0.1, 0.15) is 52.2 Å². The van der Waals surface area contributed by atoms with Gasteiger partial charge in [0.1, 0.15) is 16.6 Å². The number of halogens is 2. The number of hydrogen-bond acceptors (Lipinski definition) is 5. The Bertz CT molecular complexity index is 898. The zero-order valence-corrected chi connectivity index (χ0v) is 16.6. The number of carbonyl (C=O) groups is 2. The summed E-state index contributed by atoms with van der Waals surface area (Å²) in [7, 11) is 1.32. The summed E-state index contributed by atoms with van der Waals surface area (Å²) in [6, 6.07) is 2.85. The van der Waals surface area contributed by atoms with Gasteiger partial charge in [0.25, 0.3) is 0 Å². The molecule has 0 bridgehead atoms. The lowest BCUT2D eigenvalue weighted by Gasteiger charge is -2.15. The molecule has 1 atom stereocenters.